The minimum Gasteiger partial charge on any atom is -0.370 e. The number of nitrogens with zero attached hydrogens (tertiary/aromatic N) is 3. The monoisotopic (exact) mass is 209 g/mol. The fourth-order valence-electron chi connectivity index (χ4n) is 1.23. The summed E-state index contributed by atoms with van der Waals surface area (Å²) >= 11 is 0. The lowest BCUT2D eigenvalue weighted by molar-refractivity contribution is 0.760. The van der Waals surface area contributed by atoms with Crippen molar-refractivity contribution in [1.82, 2.24) is 15.3 Å². The third-order valence-corrected chi connectivity index (χ3v) is 2.10. The highest BCUT2D eigenvalue weighted by molar-refractivity contribution is 5.47. The molecule has 0 fully saturated rings. The number of hydrogen-bond acceptors (Lipinski definition) is 5. The molecule has 2 N–H and O–H groups in total. The summed E-state index contributed by atoms with van der Waals surface area (Å²) in [5.74, 6) is 1.81. The van der Waals surface area contributed by atoms with Gasteiger partial charge in [0.2, 0.25) is 0 Å². The van der Waals surface area contributed by atoms with E-state index in [1.54, 1.807) is 6.33 Å². The molecule has 1 aromatic rings. The Morgan fingerprint density at radius 2 is 2.20 bits per heavy atom. The third-order valence-electron chi connectivity index (χ3n) is 2.10. The molecule has 0 atom stereocenters. The third kappa shape index (κ3) is 3.71. The van der Waals surface area contributed by atoms with Crippen molar-refractivity contribution in [2.45, 2.75) is 6.92 Å². The van der Waals surface area contributed by atoms with E-state index in [1.165, 1.54) is 0 Å². The van der Waals surface area contributed by atoms with Crippen LogP contribution in [0.3, 0.4) is 0 Å². The van der Waals surface area contributed by atoms with Gasteiger partial charge in [-0.2, -0.15) is 0 Å². The summed E-state index contributed by atoms with van der Waals surface area (Å²) in [4.78, 5) is 10.4. The Hall–Kier alpha value is -1.36. The molecule has 0 spiro atoms. The predicted molar refractivity (Wildman–Crippen MR) is 63.4 cm³/mol. The van der Waals surface area contributed by atoms with Gasteiger partial charge in [0.15, 0.2) is 0 Å². The normalized spacial score (nSPS) is 10.1. The van der Waals surface area contributed by atoms with Crippen molar-refractivity contribution in [3.05, 3.63) is 12.4 Å². The molecule has 0 aromatic carbocycles. The van der Waals surface area contributed by atoms with Crippen LogP contribution in [0.15, 0.2) is 12.4 Å². The topological polar surface area (TPSA) is 53.1 Å². The Labute approximate surface area is 90.9 Å². The number of likely N-dealkylation sites (N-methyl/N-ethyl adjacent to an activating group) is 2. The maximum atomic E-state index is 4.22. The molecule has 1 aromatic heterocycles. The van der Waals surface area contributed by atoms with E-state index in [4.69, 9.17) is 0 Å². The average molecular weight is 209 g/mol. The Morgan fingerprint density at radius 1 is 1.40 bits per heavy atom. The van der Waals surface area contributed by atoms with E-state index in [0.29, 0.717) is 0 Å². The smallest absolute Gasteiger partial charge is 0.133 e. The van der Waals surface area contributed by atoms with Crippen molar-refractivity contribution < 1.29 is 0 Å². The van der Waals surface area contributed by atoms with Gasteiger partial charge in [0.1, 0.15) is 18.0 Å². The number of hydrogen-bond donors (Lipinski definition) is 2. The number of rotatable bonds is 6. The van der Waals surface area contributed by atoms with Crippen LogP contribution in [-0.4, -0.2) is 43.7 Å². The zero-order chi connectivity index (χ0) is 11.1. The molecule has 0 unspecified atom stereocenters. The molecule has 1 rings (SSSR count). The number of aromatic nitrogens is 2. The molecule has 5 nitrogen and oxygen atoms in total. The fourth-order valence-corrected chi connectivity index (χ4v) is 1.23. The summed E-state index contributed by atoms with van der Waals surface area (Å²) in [6.07, 6.45) is 1.59. The summed E-state index contributed by atoms with van der Waals surface area (Å²) in [5.41, 5.74) is 0. The van der Waals surface area contributed by atoms with Gasteiger partial charge in [-0.05, 0) is 14.0 Å². The molecular weight excluding hydrogens is 190 g/mol. The van der Waals surface area contributed by atoms with Crippen molar-refractivity contribution in [3.63, 3.8) is 0 Å². The van der Waals surface area contributed by atoms with E-state index in [1.807, 2.05) is 27.1 Å². The van der Waals surface area contributed by atoms with Gasteiger partial charge in [-0.1, -0.05) is 0 Å². The number of nitrogens with one attached hydrogen (secondary N) is 2. The standard InChI is InChI=1S/C10H19N5/c1-4-12-9-7-10(14-8-13-9)15(3)6-5-11-2/h7-8,11H,4-6H2,1-3H3,(H,12,13,14). The maximum Gasteiger partial charge on any atom is 0.133 e. The molecule has 0 saturated carbocycles. The van der Waals surface area contributed by atoms with Crippen LogP contribution in [0.5, 0.6) is 0 Å². The summed E-state index contributed by atoms with van der Waals surface area (Å²) in [6.45, 7) is 4.79. The Bertz CT molecular complexity index is 289. The minimum atomic E-state index is 0.872. The molecule has 0 amide bonds. The van der Waals surface area contributed by atoms with Crippen molar-refractivity contribution in [1.29, 1.82) is 0 Å². The van der Waals surface area contributed by atoms with E-state index in [0.717, 1.165) is 31.3 Å². The average Bonchev–Trinajstić information content (AvgIpc) is 2.27. The predicted octanol–water partition coefficient (Wildman–Crippen LogP) is 0.564. The second-order valence-electron chi connectivity index (χ2n) is 3.32. The van der Waals surface area contributed by atoms with Crippen molar-refractivity contribution in [2.24, 2.45) is 0 Å². The highest BCUT2D eigenvalue weighted by atomic mass is 15.2. The molecule has 1 heterocycles. The van der Waals surface area contributed by atoms with Crippen LogP contribution in [0, 0.1) is 0 Å². The van der Waals surface area contributed by atoms with E-state index in [9.17, 15) is 0 Å². The van der Waals surface area contributed by atoms with Crippen molar-refractivity contribution in [2.75, 3.05) is 43.9 Å². The molecule has 0 aliphatic carbocycles. The van der Waals surface area contributed by atoms with E-state index in [-0.39, 0.29) is 0 Å². The van der Waals surface area contributed by atoms with Crippen molar-refractivity contribution >= 4 is 11.6 Å². The first kappa shape index (κ1) is 11.7. The minimum absolute atomic E-state index is 0.872. The Kier molecular flexibility index (Phi) is 4.83. The van der Waals surface area contributed by atoms with Gasteiger partial charge in [-0.25, -0.2) is 9.97 Å². The SMILES string of the molecule is CCNc1cc(N(C)CCNC)ncn1. The van der Waals surface area contributed by atoms with E-state index < -0.39 is 0 Å². The van der Waals surface area contributed by atoms with E-state index in [2.05, 4.69) is 25.5 Å². The first-order valence-corrected chi connectivity index (χ1v) is 5.19. The van der Waals surface area contributed by atoms with Crippen LogP contribution in [0.25, 0.3) is 0 Å². The molecule has 0 radical (unpaired) electrons. The number of anilines is 2. The van der Waals surface area contributed by atoms with Gasteiger partial charge in [-0.3, -0.25) is 0 Å². The van der Waals surface area contributed by atoms with Crippen LogP contribution in [0.1, 0.15) is 6.92 Å². The van der Waals surface area contributed by atoms with Gasteiger partial charge >= 0.3 is 0 Å². The van der Waals surface area contributed by atoms with E-state index >= 15 is 0 Å². The first-order chi connectivity index (χ1) is 7.27. The zero-order valence-corrected chi connectivity index (χ0v) is 9.62. The van der Waals surface area contributed by atoms with Crippen LogP contribution >= 0.6 is 0 Å². The molecular formula is C10H19N5. The molecule has 0 saturated heterocycles. The molecule has 84 valence electrons. The molecule has 0 aliphatic heterocycles. The maximum absolute atomic E-state index is 4.22. The second kappa shape index (κ2) is 6.19. The van der Waals surface area contributed by atoms with Gasteiger partial charge in [0.05, 0.1) is 0 Å². The van der Waals surface area contributed by atoms with Gasteiger partial charge in [0.25, 0.3) is 0 Å². The molecule has 0 aliphatic rings. The van der Waals surface area contributed by atoms with Crippen LogP contribution in [0.2, 0.25) is 0 Å². The fraction of sp³-hybridized carbons (Fsp3) is 0.600. The van der Waals surface area contributed by atoms with Gasteiger partial charge < -0.3 is 15.5 Å². The molecule has 5 heteroatoms. The lowest BCUT2D eigenvalue weighted by atomic mass is 10.4. The highest BCUT2D eigenvalue weighted by Crippen LogP contribution is 2.11. The second-order valence-corrected chi connectivity index (χ2v) is 3.32. The van der Waals surface area contributed by atoms with Crippen molar-refractivity contribution in [3.8, 4) is 0 Å². The Morgan fingerprint density at radius 3 is 2.87 bits per heavy atom. The van der Waals surface area contributed by atoms with Gasteiger partial charge in [0, 0.05) is 32.7 Å². The van der Waals surface area contributed by atoms with Gasteiger partial charge in [-0.15, -0.1) is 0 Å². The summed E-state index contributed by atoms with van der Waals surface area (Å²) in [5, 5.41) is 6.27. The summed E-state index contributed by atoms with van der Waals surface area (Å²) in [6, 6.07) is 1.96. The first-order valence-electron chi connectivity index (χ1n) is 5.19. The van der Waals surface area contributed by atoms with Crippen LogP contribution < -0.4 is 15.5 Å². The lowest BCUT2D eigenvalue weighted by Gasteiger charge is -2.18. The highest BCUT2D eigenvalue weighted by Gasteiger charge is 2.02. The lowest BCUT2D eigenvalue weighted by Crippen LogP contribution is -2.27. The Balaban J connectivity index is 2.62. The summed E-state index contributed by atoms with van der Waals surface area (Å²) < 4.78 is 0. The van der Waals surface area contributed by atoms with Crippen LogP contribution in [-0.2, 0) is 0 Å². The molecule has 15 heavy (non-hydrogen) atoms. The van der Waals surface area contributed by atoms with Crippen LogP contribution in [0.4, 0.5) is 11.6 Å². The molecule has 0 bridgehead atoms. The quantitative estimate of drug-likeness (QED) is 0.717. The largest absolute Gasteiger partial charge is 0.370 e. The zero-order valence-electron chi connectivity index (χ0n) is 9.62. The summed E-state index contributed by atoms with van der Waals surface area (Å²) in [7, 11) is 3.97.